The molecule has 3 aromatic rings. The van der Waals surface area contributed by atoms with Gasteiger partial charge in [-0.2, -0.15) is 0 Å². The Morgan fingerprint density at radius 2 is 1.61 bits per heavy atom. The van der Waals surface area contributed by atoms with Gasteiger partial charge in [-0.1, -0.05) is 35.9 Å². The van der Waals surface area contributed by atoms with E-state index in [1.165, 1.54) is 22.7 Å². The molecule has 31 heavy (non-hydrogen) atoms. The van der Waals surface area contributed by atoms with Crippen LogP contribution >= 0.6 is 22.9 Å². The normalized spacial score (nSPS) is 17.4. The molecule has 0 unspecified atom stereocenters. The molecule has 2 aromatic carbocycles. The lowest BCUT2D eigenvalue weighted by atomic mass is 10.1. The van der Waals surface area contributed by atoms with Crippen molar-refractivity contribution in [2.75, 3.05) is 31.1 Å². The third-order valence-electron chi connectivity index (χ3n) is 5.60. The van der Waals surface area contributed by atoms with E-state index in [1.807, 2.05) is 24.4 Å². The van der Waals surface area contributed by atoms with Crippen molar-refractivity contribution in [1.82, 2.24) is 9.62 Å². The minimum Gasteiger partial charge on any atom is -0.369 e. The predicted molar refractivity (Wildman–Crippen MR) is 129 cm³/mol. The summed E-state index contributed by atoms with van der Waals surface area (Å²) in [7, 11) is -3.65. The highest BCUT2D eigenvalue weighted by Crippen LogP contribution is 2.31. The number of rotatable bonds is 7. The largest absolute Gasteiger partial charge is 0.369 e. The lowest BCUT2D eigenvalue weighted by Crippen LogP contribution is -2.52. The maximum atomic E-state index is 13.0. The van der Waals surface area contributed by atoms with E-state index in [0.717, 1.165) is 26.2 Å². The Morgan fingerprint density at radius 3 is 2.23 bits per heavy atom. The SMILES string of the molecule is C[C@@H](NS(=O)(=O)c1ccc(Cl)cc1)[C@@H](c1cccs1)N1CCN(c2ccccc2)CC1. The maximum absolute atomic E-state index is 13.0. The van der Waals surface area contributed by atoms with Crippen LogP contribution < -0.4 is 9.62 Å². The molecule has 1 aromatic heterocycles. The van der Waals surface area contributed by atoms with Crippen LogP contribution in [0.2, 0.25) is 5.02 Å². The fourth-order valence-corrected chi connectivity index (χ4v) is 6.43. The van der Waals surface area contributed by atoms with E-state index >= 15 is 0 Å². The van der Waals surface area contributed by atoms with Gasteiger partial charge >= 0.3 is 0 Å². The van der Waals surface area contributed by atoms with Crippen molar-refractivity contribution >= 4 is 38.6 Å². The molecule has 1 aliphatic heterocycles. The van der Waals surface area contributed by atoms with Gasteiger partial charge in [-0.05, 0) is 54.8 Å². The number of sulfonamides is 1. The summed E-state index contributed by atoms with van der Waals surface area (Å²) in [4.78, 5) is 6.16. The highest BCUT2D eigenvalue weighted by atomic mass is 35.5. The zero-order valence-corrected chi connectivity index (χ0v) is 19.7. The summed E-state index contributed by atoms with van der Waals surface area (Å²) in [5.41, 5.74) is 1.23. The van der Waals surface area contributed by atoms with Crippen molar-refractivity contribution in [2.45, 2.75) is 23.9 Å². The third kappa shape index (κ3) is 5.30. The highest BCUT2D eigenvalue weighted by molar-refractivity contribution is 7.89. The molecule has 2 heterocycles. The Morgan fingerprint density at radius 1 is 0.935 bits per heavy atom. The van der Waals surface area contributed by atoms with Gasteiger partial charge in [-0.3, -0.25) is 4.90 Å². The van der Waals surface area contributed by atoms with Crippen LogP contribution in [-0.4, -0.2) is 45.5 Å². The van der Waals surface area contributed by atoms with Gasteiger partial charge in [-0.25, -0.2) is 13.1 Å². The van der Waals surface area contributed by atoms with Gasteiger partial charge in [-0.15, -0.1) is 11.3 Å². The molecule has 4 rings (SSSR count). The maximum Gasteiger partial charge on any atom is 0.240 e. The lowest BCUT2D eigenvalue weighted by Gasteiger charge is -2.42. The van der Waals surface area contributed by atoms with Gasteiger partial charge in [0.2, 0.25) is 10.0 Å². The summed E-state index contributed by atoms with van der Waals surface area (Å²) in [6, 6.07) is 20.5. The highest BCUT2D eigenvalue weighted by Gasteiger charge is 2.32. The minimum atomic E-state index is -3.65. The summed E-state index contributed by atoms with van der Waals surface area (Å²) in [6.45, 7) is 5.49. The monoisotopic (exact) mass is 475 g/mol. The predicted octanol–water partition coefficient (Wildman–Crippen LogP) is 4.63. The van der Waals surface area contributed by atoms with Crippen LogP contribution in [0.3, 0.4) is 0 Å². The fraction of sp³-hybridized carbons (Fsp3) is 0.304. The molecule has 1 N–H and O–H groups in total. The van der Waals surface area contributed by atoms with Crippen molar-refractivity contribution in [1.29, 1.82) is 0 Å². The Balaban J connectivity index is 1.50. The van der Waals surface area contributed by atoms with Crippen molar-refractivity contribution in [3.05, 3.63) is 82.0 Å². The second-order valence-corrected chi connectivity index (χ2v) is 10.8. The molecule has 1 saturated heterocycles. The van der Waals surface area contributed by atoms with E-state index in [9.17, 15) is 8.42 Å². The van der Waals surface area contributed by atoms with Crippen molar-refractivity contribution in [2.24, 2.45) is 0 Å². The summed E-state index contributed by atoms with van der Waals surface area (Å²) in [5, 5.41) is 2.56. The van der Waals surface area contributed by atoms with E-state index in [4.69, 9.17) is 11.6 Å². The molecule has 2 atom stereocenters. The number of hydrogen-bond donors (Lipinski definition) is 1. The molecule has 5 nitrogen and oxygen atoms in total. The number of hydrogen-bond acceptors (Lipinski definition) is 5. The number of nitrogens with one attached hydrogen (secondary N) is 1. The molecular weight excluding hydrogens is 450 g/mol. The molecule has 0 spiro atoms. The van der Waals surface area contributed by atoms with Crippen LogP contribution in [0.1, 0.15) is 17.8 Å². The number of halogens is 1. The molecule has 1 aliphatic rings. The summed E-state index contributed by atoms with van der Waals surface area (Å²) in [6.07, 6.45) is 0. The Hall–Kier alpha value is -1.90. The van der Waals surface area contributed by atoms with Gasteiger partial charge < -0.3 is 4.90 Å². The first-order chi connectivity index (χ1) is 14.9. The quantitative estimate of drug-likeness (QED) is 0.541. The topological polar surface area (TPSA) is 52.7 Å². The summed E-state index contributed by atoms with van der Waals surface area (Å²) in [5.74, 6) is 0. The lowest BCUT2D eigenvalue weighted by molar-refractivity contribution is 0.164. The first kappa shape index (κ1) is 22.3. The molecule has 8 heteroatoms. The Kier molecular flexibility index (Phi) is 6.99. The molecule has 0 amide bonds. The number of piperazine rings is 1. The van der Waals surface area contributed by atoms with E-state index in [0.29, 0.717) is 5.02 Å². The van der Waals surface area contributed by atoms with Gasteiger partial charge in [0.1, 0.15) is 0 Å². The second-order valence-electron chi connectivity index (χ2n) is 7.68. The van der Waals surface area contributed by atoms with Crippen LogP contribution in [0.25, 0.3) is 0 Å². The summed E-state index contributed by atoms with van der Waals surface area (Å²) < 4.78 is 28.8. The average molecular weight is 476 g/mol. The number of para-hydroxylation sites is 1. The van der Waals surface area contributed by atoms with Crippen molar-refractivity contribution in [3.63, 3.8) is 0 Å². The molecule has 0 aliphatic carbocycles. The Labute approximate surface area is 193 Å². The van der Waals surface area contributed by atoms with Crippen molar-refractivity contribution < 1.29 is 8.42 Å². The standard InChI is InChI=1S/C23H26ClN3O2S2/c1-18(25-31(28,29)21-11-9-19(24)10-12-21)23(22-8-5-17-30-22)27-15-13-26(14-16-27)20-6-3-2-4-7-20/h2-12,17-18,23,25H,13-16H2,1H3/t18-,23+/m1/s1. The average Bonchev–Trinajstić information content (AvgIpc) is 3.29. The zero-order chi connectivity index (χ0) is 21.8. The van der Waals surface area contributed by atoms with Crippen LogP contribution in [0.15, 0.2) is 77.0 Å². The number of thiophene rings is 1. The smallest absolute Gasteiger partial charge is 0.240 e. The Bertz CT molecular complexity index is 1070. The van der Waals surface area contributed by atoms with E-state index in [-0.39, 0.29) is 17.0 Å². The third-order valence-corrected chi connectivity index (χ3v) is 8.37. The van der Waals surface area contributed by atoms with Gasteiger partial charge in [0.25, 0.3) is 0 Å². The minimum absolute atomic E-state index is 0.0278. The zero-order valence-electron chi connectivity index (χ0n) is 17.3. The molecular formula is C23H26ClN3O2S2. The number of anilines is 1. The van der Waals surface area contributed by atoms with E-state index in [2.05, 4.69) is 44.9 Å². The van der Waals surface area contributed by atoms with Crippen LogP contribution in [0.5, 0.6) is 0 Å². The van der Waals surface area contributed by atoms with Crippen LogP contribution in [0, 0.1) is 0 Å². The molecule has 0 radical (unpaired) electrons. The molecule has 1 fully saturated rings. The van der Waals surface area contributed by atoms with Gasteiger partial charge in [0.05, 0.1) is 10.9 Å². The number of nitrogens with zero attached hydrogens (tertiary/aromatic N) is 2. The number of benzene rings is 2. The van der Waals surface area contributed by atoms with Crippen LogP contribution in [-0.2, 0) is 10.0 Å². The first-order valence-corrected chi connectivity index (χ1v) is 13.0. The fourth-order valence-electron chi connectivity index (χ4n) is 4.09. The van der Waals surface area contributed by atoms with E-state index < -0.39 is 10.0 Å². The first-order valence-electron chi connectivity index (χ1n) is 10.3. The second kappa shape index (κ2) is 9.71. The van der Waals surface area contributed by atoms with Crippen molar-refractivity contribution in [3.8, 4) is 0 Å². The van der Waals surface area contributed by atoms with Gasteiger partial charge in [0.15, 0.2) is 0 Å². The molecule has 0 bridgehead atoms. The van der Waals surface area contributed by atoms with Crippen LogP contribution in [0.4, 0.5) is 5.69 Å². The molecule has 0 saturated carbocycles. The summed E-state index contributed by atoms with van der Waals surface area (Å²) >= 11 is 7.58. The van der Waals surface area contributed by atoms with E-state index in [1.54, 1.807) is 23.5 Å². The molecule has 164 valence electrons. The van der Waals surface area contributed by atoms with Gasteiger partial charge in [0, 0.05) is 47.8 Å².